The van der Waals surface area contributed by atoms with E-state index >= 15 is 0 Å². The van der Waals surface area contributed by atoms with Crippen molar-refractivity contribution in [3.63, 3.8) is 0 Å². The van der Waals surface area contributed by atoms with Crippen LogP contribution in [0.2, 0.25) is 0 Å². The number of nitrogens with zero attached hydrogens (tertiary/aromatic N) is 1. The quantitative estimate of drug-likeness (QED) is 0.852. The Morgan fingerprint density at radius 2 is 2.15 bits per heavy atom. The fourth-order valence-corrected chi connectivity index (χ4v) is 1.80. The topological polar surface area (TPSA) is 68.0 Å². The predicted molar refractivity (Wildman–Crippen MR) is 79.2 cm³/mol. The molecule has 0 atom stereocenters. The summed E-state index contributed by atoms with van der Waals surface area (Å²) in [4.78, 5) is 16.1. The molecule has 1 aromatic carbocycles. The fourth-order valence-electron chi connectivity index (χ4n) is 1.67. The molecule has 3 N–H and O–H groups in total. The van der Waals surface area contributed by atoms with Gasteiger partial charge in [0.05, 0.1) is 5.69 Å². The minimum atomic E-state index is -0.600. The van der Waals surface area contributed by atoms with E-state index in [9.17, 15) is 9.18 Å². The van der Waals surface area contributed by atoms with Crippen LogP contribution in [0.15, 0.2) is 36.5 Å². The predicted octanol–water partition coefficient (Wildman–Crippen LogP) is 2.42. The van der Waals surface area contributed by atoms with Gasteiger partial charge in [0.25, 0.3) is 5.91 Å². The molecule has 20 heavy (non-hydrogen) atoms. The highest BCUT2D eigenvalue weighted by Crippen LogP contribution is 2.17. The van der Waals surface area contributed by atoms with E-state index < -0.39 is 11.7 Å². The van der Waals surface area contributed by atoms with Crippen molar-refractivity contribution >= 4 is 28.8 Å². The first-order valence-corrected chi connectivity index (χ1v) is 6.22. The highest BCUT2D eigenvalue weighted by Gasteiger charge is 2.13. The third-order valence-corrected chi connectivity index (χ3v) is 2.96. The summed E-state index contributed by atoms with van der Waals surface area (Å²) in [7, 11) is 0. The van der Waals surface area contributed by atoms with E-state index in [2.05, 4.69) is 10.3 Å². The van der Waals surface area contributed by atoms with Crippen LogP contribution in [-0.2, 0) is 0 Å². The molecular weight excluding hydrogens is 277 g/mol. The van der Waals surface area contributed by atoms with Gasteiger partial charge in [0.2, 0.25) is 0 Å². The second kappa shape index (κ2) is 5.75. The van der Waals surface area contributed by atoms with Gasteiger partial charge in [0.1, 0.15) is 16.5 Å². The molecule has 0 saturated heterocycles. The number of benzene rings is 1. The molecule has 1 aromatic heterocycles. The van der Waals surface area contributed by atoms with Crippen molar-refractivity contribution in [2.45, 2.75) is 6.92 Å². The van der Waals surface area contributed by atoms with Gasteiger partial charge in [-0.3, -0.25) is 9.78 Å². The van der Waals surface area contributed by atoms with Crippen molar-refractivity contribution in [2.75, 3.05) is 5.32 Å². The number of rotatable bonds is 3. The normalized spacial score (nSPS) is 10.1. The lowest BCUT2D eigenvalue weighted by atomic mass is 10.1. The summed E-state index contributed by atoms with van der Waals surface area (Å²) < 4.78 is 13.8. The highest BCUT2D eigenvalue weighted by atomic mass is 32.1. The third-order valence-electron chi connectivity index (χ3n) is 2.73. The van der Waals surface area contributed by atoms with Crippen LogP contribution in [0.5, 0.6) is 0 Å². The van der Waals surface area contributed by atoms with Crippen LogP contribution in [-0.4, -0.2) is 15.9 Å². The van der Waals surface area contributed by atoms with E-state index in [1.165, 1.54) is 18.3 Å². The zero-order valence-corrected chi connectivity index (χ0v) is 11.5. The number of carbonyl (C=O) groups excluding carboxylic acids is 1. The molecule has 1 amide bonds. The number of nitrogens with one attached hydrogen (secondary N) is 1. The molecular formula is C14H12FN3OS. The van der Waals surface area contributed by atoms with Gasteiger partial charge in [0.15, 0.2) is 0 Å². The molecule has 0 aliphatic carbocycles. The van der Waals surface area contributed by atoms with E-state index in [4.69, 9.17) is 18.0 Å². The molecule has 0 spiro atoms. The van der Waals surface area contributed by atoms with Gasteiger partial charge in [-0.1, -0.05) is 18.3 Å². The summed E-state index contributed by atoms with van der Waals surface area (Å²) in [6.07, 6.45) is 1.51. The fraction of sp³-hybridized carbons (Fsp3) is 0.0714. The average molecular weight is 289 g/mol. The highest BCUT2D eigenvalue weighted by molar-refractivity contribution is 7.80. The molecule has 0 fully saturated rings. The van der Waals surface area contributed by atoms with E-state index in [0.29, 0.717) is 11.1 Å². The third kappa shape index (κ3) is 2.97. The first-order chi connectivity index (χ1) is 9.49. The number of nitrogens with two attached hydrogens (primary N) is 1. The van der Waals surface area contributed by atoms with Gasteiger partial charge in [-0.15, -0.1) is 0 Å². The second-order valence-corrected chi connectivity index (χ2v) is 4.62. The van der Waals surface area contributed by atoms with Crippen molar-refractivity contribution in [1.82, 2.24) is 4.98 Å². The molecule has 0 unspecified atom stereocenters. The van der Waals surface area contributed by atoms with Gasteiger partial charge in [0, 0.05) is 11.8 Å². The van der Waals surface area contributed by atoms with Crippen molar-refractivity contribution in [2.24, 2.45) is 5.73 Å². The molecule has 6 heteroatoms. The number of hydrogen-bond acceptors (Lipinski definition) is 3. The number of pyridine rings is 1. The van der Waals surface area contributed by atoms with E-state index in [-0.39, 0.29) is 16.4 Å². The summed E-state index contributed by atoms with van der Waals surface area (Å²) in [6.45, 7) is 1.76. The summed E-state index contributed by atoms with van der Waals surface area (Å²) in [5, 5.41) is 2.47. The first-order valence-electron chi connectivity index (χ1n) is 5.81. The minimum Gasteiger partial charge on any atom is -0.389 e. The smallest absolute Gasteiger partial charge is 0.274 e. The Labute approximate surface area is 120 Å². The van der Waals surface area contributed by atoms with Gasteiger partial charge < -0.3 is 11.1 Å². The van der Waals surface area contributed by atoms with Crippen molar-refractivity contribution < 1.29 is 9.18 Å². The summed E-state index contributed by atoms with van der Waals surface area (Å²) >= 11 is 4.76. The maximum Gasteiger partial charge on any atom is 0.274 e. The Balaban J connectivity index is 2.25. The number of anilines is 1. The Bertz CT molecular complexity index is 688. The molecule has 2 aromatic rings. The number of hydrogen-bond donors (Lipinski definition) is 2. The van der Waals surface area contributed by atoms with Crippen LogP contribution < -0.4 is 11.1 Å². The van der Waals surface area contributed by atoms with Crippen LogP contribution in [0.25, 0.3) is 0 Å². The van der Waals surface area contributed by atoms with Gasteiger partial charge in [-0.25, -0.2) is 4.39 Å². The monoisotopic (exact) mass is 289 g/mol. The number of halogens is 1. The summed E-state index contributed by atoms with van der Waals surface area (Å²) in [5.41, 5.74) is 6.84. The van der Waals surface area contributed by atoms with Crippen molar-refractivity contribution in [1.29, 1.82) is 0 Å². The number of carbonyl (C=O) groups is 1. The van der Waals surface area contributed by atoms with E-state index in [1.807, 2.05) is 0 Å². The average Bonchev–Trinajstić information content (AvgIpc) is 2.41. The van der Waals surface area contributed by atoms with Gasteiger partial charge in [-0.2, -0.15) is 0 Å². The van der Waals surface area contributed by atoms with Crippen LogP contribution >= 0.6 is 12.2 Å². The van der Waals surface area contributed by atoms with E-state index in [0.717, 1.165) is 0 Å². The van der Waals surface area contributed by atoms with Crippen LogP contribution in [0.1, 0.15) is 21.6 Å². The van der Waals surface area contributed by atoms with Crippen LogP contribution in [0.4, 0.5) is 10.1 Å². The lowest BCUT2D eigenvalue weighted by Crippen LogP contribution is -2.16. The van der Waals surface area contributed by atoms with Crippen molar-refractivity contribution in [3.05, 3.63) is 59.2 Å². The Hall–Kier alpha value is -2.34. The zero-order chi connectivity index (χ0) is 14.7. The van der Waals surface area contributed by atoms with Crippen molar-refractivity contribution in [3.8, 4) is 0 Å². The minimum absolute atomic E-state index is 0.0556. The van der Waals surface area contributed by atoms with Gasteiger partial charge >= 0.3 is 0 Å². The number of aromatic nitrogens is 1. The lowest BCUT2D eigenvalue weighted by molar-refractivity contribution is 0.102. The molecule has 1 heterocycles. The van der Waals surface area contributed by atoms with Gasteiger partial charge in [-0.05, 0) is 36.8 Å². The number of thiocarbonyl (C=S) groups is 1. The number of aryl methyl sites for hydroxylation is 1. The molecule has 4 nitrogen and oxygen atoms in total. The van der Waals surface area contributed by atoms with E-state index in [1.54, 1.807) is 25.1 Å². The molecule has 0 radical (unpaired) electrons. The largest absolute Gasteiger partial charge is 0.389 e. The van der Waals surface area contributed by atoms with Crippen LogP contribution in [0, 0.1) is 12.7 Å². The molecule has 2 rings (SSSR count). The van der Waals surface area contributed by atoms with Crippen LogP contribution in [0.3, 0.4) is 0 Å². The molecule has 102 valence electrons. The maximum atomic E-state index is 13.8. The molecule has 0 bridgehead atoms. The summed E-state index contributed by atoms with van der Waals surface area (Å²) in [5.74, 6) is -1.07. The second-order valence-electron chi connectivity index (χ2n) is 4.18. The first kappa shape index (κ1) is 14.1. The maximum absolute atomic E-state index is 13.8. The molecule has 0 saturated carbocycles. The Kier molecular flexibility index (Phi) is 4.05. The Morgan fingerprint density at radius 1 is 1.40 bits per heavy atom. The zero-order valence-electron chi connectivity index (χ0n) is 10.7. The Morgan fingerprint density at radius 3 is 2.75 bits per heavy atom. The number of amides is 1. The molecule has 0 aliphatic heterocycles. The standard InChI is InChI=1S/C14H12FN3OS/c1-8-3-2-6-17-12(8)14(19)18-11-5-4-9(13(16)20)7-10(11)15/h2-7H,1H3,(H2,16,20)(H,18,19). The SMILES string of the molecule is Cc1cccnc1C(=O)Nc1ccc(C(N)=S)cc1F. The molecule has 0 aliphatic rings. The lowest BCUT2D eigenvalue weighted by Gasteiger charge is -2.08. The summed E-state index contributed by atoms with van der Waals surface area (Å²) in [6, 6.07) is 7.63.